The summed E-state index contributed by atoms with van der Waals surface area (Å²) in [5.41, 5.74) is 4.43. The third-order valence-corrected chi connectivity index (χ3v) is 8.52. The van der Waals surface area contributed by atoms with Crippen molar-refractivity contribution in [2.45, 2.75) is 39.0 Å². The van der Waals surface area contributed by atoms with E-state index in [0.29, 0.717) is 17.9 Å². The molecule has 9 nitrogen and oxygen atoms in total. The minimum absolute atomic E-state index is 0.173. The second-order valence-electron chi connectivity index (χ2n) is 11.4. The van der Waals surface area contributed by atoms with Crippen molar-refractivity contribution in [3.63, 3.8) is 0 Å². The Morgan fingerprint density at radius 1 is 0.761 bits per heavy atom. The Hall–Kier alpha value is -5.15. The molecule has 0 bridgehead atoms. The first-order valence-corrected chi connectivity index (χ1v) is 15.8. The Balaban J connectivity index is 1.03. The van der Waals surface area contributed by atoms with Crippen LogP contribution in [0.15, 0.2) is 120 Å². The molecule has 0 radical (unpaired) electrons. The van der Waals surface area contributed by atoms with Crippen molar-refractivity contribution in [3.05, 3.63) is 137 Å². The number of piperazine rings is 1. The molecule has 1 saturated heterocycles. The first-order chi connectivity index (χ1) is 22.5. The zero-order valence-electron chi connectivity index (χ0n) is 26.2. The molecule has 1 aliphatic rings. The van der Waals surface area contributed by atoms with Crippen molar-refractivity contribution in [1.82, 2.24) is 14.3 Å². The van der Waals surface area contributed by atoms with Crippen LogP contribution in [0.25, 0.3) is 5.69 Å². The van der Waals surface area contributed by atoms with Gasteiger partial charge in [0.2, 0.25) is 0 Å². The minimum atomic E-state index is -0.365. The molecular weight excluding hydrogens is 578 g/mol. The zero-order valence-corrected chi connectivity index (χ0v) is 26.2. The van der Waals surface area contributed by atoms with Gasteiger partial charge in [-0.2, -0.15) is 5.10 Å². The van der Waals surface area contributed by atoms with Gasteiger partial charge in [0, 0.05) is 37.6 Å². The van der Waals surface area contributed by atoms with Crippen LogP contribution >= 0.6 is 0 Å². The average Bonchev–Trinajstić information content (AvgIpc) is 3.49. The topological polar surface area (TPSA) is 81.8 Å². The van der Waals surface area contributed by atoms with Crippen LogP contribution in [-0.2, 0) is 11.3 Å². The quantitative estimate of drug-likeness (QED) is 0.130. The molecule has 5 aromatic rings. The van der Waals surface area contributed by atoms with Crippen LogP contribution in [0.5, 0.6) is 5.75 Å². The highest BCUT2D eigenvalue weighted by Crippen LogP contribution is 2.25. The van der Waals surface area contributed by atoms with Gasteiger partial charge in [-0.3, -0.25) is 0 Å². The van der Waals surface area contributed by atoms with E-state index in [2.05, 4.69) is 27.0 Å². The van der Waals surface area contributed by atoms with E-state index >= 15 is 0 Å². The van der Waals surface area contributed by atoms with E-state index in [-0.39, 0.29) is 23.8 Å². The average molecular weight is 618 g/mol. The summed E-state index contributed by atoms with van der Waals surface area (Å²) >= 11 is 0. The molecule has 0 saturated carbocycles. The van der Waals surface area contributed by atoms with E-state index in [0.717, 1.165) is 55.2 Å². The molecule has 2 atom stereocenters. The Labute approximate surface area is 269 Å². The van der Waals surface area contributed by atoms with Gasteiger partial charge >= 0.3 is 11.7 Å². The molecule has 1 aromatic heterocycles. The summed E-state index contributed by atoms with van der Waals surface area (Å²) in [5, 5.41) is 4.47. The van der Waals surface area contributed by atoms with Crippen molar-refractivity contribution >= 4 is 17.3 Å². The Kier molecular flexibility index (Phi) is 9.59. The minimum Gasteiger partial charge on any atom is -0.423 e. The number of aromatic nitrogens is 3. The van der Waals surface area contributed by atoms with Crippen LogP contribution in [-0.4, -0.2) is 52.6 Å². The van der Waals surface area contributed by atoms with E-state index in [1.165, 1.54) is 0 Å². The van der Waals surface area contributed by atoms with Crippen LogP contribution in [0.3, 0.4) is 0 Å². The molecule has 236 valence electrons. The van der Waals surface area contributed by atoms with E-state index < -0.39 is 0 Å². The number of carbonyl (C=O) groups excluding carboxylic acids is 1. The van der Waals surface area contributed by atoms with E-state index in [1.807, 2.05) is 98.8 Å². The lowest BCUT2D eigenvalue weighted by molar-refractivity contribution is 0.0117. The first-order valence-electron chi connectivity index (χ1n) is 15.8. The summed E-state index contributed by atoms with van der Waals surface area (Å²) in [4.78, 5) is 30.4. The third kappa shape index (κ3) is 7.05. The van der Waals surface area contributed by atoms with Crippen molar-refractivity contribution in [2.24, 2.45) is 0 Å². The van der Waals surface area contributed by atoms with Crippen molar-refractivity contribution in [3.8, 4) is 11.4 Å². The summed E-state index contributed by atoms with van der Waals surface area (Å²) in [6.45, 7) is 7.98. The van der Waals surface area contributed by atoms with Gasteiger partial charge < -0.3 is 19.3 Å². The third-order valence-electron chi connectivity index (χ3n) is 8.52. The highest BCUT2D eigenvalue weighted by molar-refractivity contribution is 5.91. The number of ether oxygens (including phenoxy) is 2. The fourth-order valence-corrected chi connectivity index (χ4v) is 5.85. The standard InChI is InChI=1S/C37H39N5O4/c1-3-35(28(2)45-26-29-10-6-4-7-11-29)42-37(44)41(27-38-42)33-16-14-31(15-17-33)39-22-24-40(25-23-39)32-18-20-34(21-19-32)46-36(43)30-12-8-5-9-13-30/h4-21,27-28,35H,3,22-26H2,1-2H3/t28-,35-/m0/s1. The van der Waals surface area contributed by atoms with Gasteiger partial charge in [0.25, 0.3) is 0 Å². The predicted octanol–water partition coefficient (Wildman–Crippen LogP) is 6.14. The first kappa shape index (κ1) is 30.9. The van der Waals surface area contributed by atoms with Crippen LogP contribution in [0, 0.1) is 0 Å². The number of rotatable bonds is 11. The normalized spacial score (nSPS) is 14.6. The SMILES string of the molecule is CC[C@@H]([C@H](C)OCc1ccccc1)n1ncn(-c2ccc(N3CCN(c4ccc(OC(=O)c5ccccc5)cc4)CC3)cc2)c1=O. The van der Waals surface area contributed by atoms with Crippen LogP contribution in [0.2, 0.25) is 0 Å². The Bertz CT molecular complexity index is 1760. The number of nitrogens with zero attached hydrogens (tertiary/aromatic N) is 5. The molecule has 2 heterocycles. The van der Waals surface area contributed by atoms with Crippen LogP contribution in [0.4, 0.5) is 11.4 Å². The van der Waals surface area contributed by atoms with Gasteiger partial charge in [0.1, 0.15) is 12.1 Å². The second kappa shape index (κ2) is 14.3. The zero-order chi connectivity index (χ0) is 31.9. The van der Waals surface area contributed by atoms with Gasteiger partial charge in [0.15, 0.2) is 0 Å². The Morgan fingerprint density at radius 2 is 1.30 bits per heavy atom. The number of anilines is 2. The fraction of sp³-hybridized carbons (Fsp3) is 0.270. The lowest BCUT2D eigenvalue weighted by atomic mass is 10.1. The summed E-state index contributed by atoms with van der Waals surface area (Å²) in [5.74, 6) is 0.160. The van der Waals surface area contributed by atoms with Gasteiger partial charge in [0.05, 0.1) is 30.0 Å². The maximum Gasteiger partial charge on any atom is 0.350 e. The smallest absolute Gasteiger partial charge is 0.350 e. The number of hydrogen-bond acceptors (Lipinski definition) is 7. The molecule has 1 aliphatic heterocycles. The van der Waals surface area contributed by atoms with Crippen molar-refractivity contribution in [2.75, 3.05) is 36.0 Å². The van der Waals surface area contributed by atoms with E-state index in [9.17, 15) is 9.59 Å². The molecular formula is C37H39N5O4. The maximum absolute atomic E-state index is 13.4. The summed E-state index contributed by atoms with van der Waals surface area (Å²) in [6.07, 6.45) is 2.14. The molecule has 9 heteroatoms. The van der Waals surface area contributed by atoms with Gasteiger partial charge in [-0.25, -0.2) is 18.8 Å². The number of esters is 1. The predicted molar refractivity (Wildman–Crippen MR) is 180 cm³/mol. The lowest BCUT2D eigenvalue weighted by Gasteiger charge is -2.37. The van der Waals surface area contributed by atoms with Gasteiger partial charge in [-0.1, -0.05) is 55.5 Å². The fourth-order valence-electron chi connectivity index (χ4n) is 5.85. The molecule has 1 fully saturated rings. The van der Waals surface area contributed by atoms with Crippen molar-refractivity contribution in [1.29, 1.82) is 0 Å². The van der Waals surface area contributed by atoms with Crippen LogP contribution < -0.4 is 20.2 Å². The largest absolute Gasteiger partial charge is 0.423 e. The molecule has 6 rings (SSSR count). The highest BCUT2D eigenvalue weighted by Gasteiger charge is 2.23. The molecule has 0 spiro atoms. The Morgan fingerprint density at radius 3 is 1.89 bits per heavy atom. The van der Waals surface area contributed by atoms with E-state index in [4.69, 9.17) is 9.47 Å². The molecule has 4 aromatic carbocycles. The monoisotopic (exact) mass is 617 g/mol. The summed E-state index contributed by atoms with van der Waals surface area (Å²) in [6, 6.07) is 34.6. The molecule has 0 amide bonds. The lowest BCUT2D eigenvalue weighted by Crippen LogP contribution is -2.46. The number of carbonyl (C=O) groups is 1. The number of hydrogen-bond donors (Lipinski definition) is 0. The van der Waals surface area contributed by atoms with E-state index in [1.54, 1.807) is 27.7 Å². The molecule has 0 aliphatic carbocycles. The van der Waals surface area contributed by atoms with Gasteiger partial charge in [-0.05, 0) is 79.6 Å². The summed E-state index contributed by atoms with van der Waals surface area (Å²) in [7, 11) is 0. The maximum atomic E-state index is 13.4. The van der Waals surface area contributed by atoms with Gasteiger partial charge in [-0.15, -0.1) is 0 Å². The molecule has 0 unspecified atom stereocenters. The highest BCUT2D eigenvalue weighted by atomic mass is 16.5. The van der Waals surface area contributed by atoms with Crippen LogP contribution in [0.1, 0.15) is 42.2 Å². The summed E-state index contributed by atoms with van der Waals surface area (Å²) < 4.78 is 14.8. The second-order valence-corrected chi connectivity index (χ2v) is 11.4. The van der Waals surface area contributed by atoms with Crippen molar-refractivity contribution < 1.29 is 14.3 Å². The number of benzene rings is 4. The molecule has 0 N–H and O–H groups in total. The molecule has 46 heavy (non-hydrogen) atoms.